The minimum Gasteiger partial charge on any atom is -0.478 e. The second-order valence-corrected chi connectivity index (χ2v) is 10.1. The normalized spacial score (nSPS) is 12.2. The molecule has 0 bridgehead atoms. The molecule has 0 saturated carbocycles. The molecule has 4 nitrogen and oxygen atoms in total. The van der Waals surface area contributed by atoms with E-state index in [0.29, 0.717) is 26.4 Å². The average molecular weight is 579 g/mol. The van der Waals surface area contributed by atoms with Crippen molar-refractivity contribution in [1.29, 1.82) is 0 Å². The third-order valence-corrected chi connectivity index (χ3v) is 7.78. The van der Waals surface area contributed by atoms with Crippen molar-refractivity contribution < 1.29 is 32.6 Å². The number of carbonyl (C=O) groups is 2. The molecule has 4 rings (SSSR count). The van der Waals surface area contributed by atoms with E-state index in [1.807, 2.05) is 0 Å². The highest BCUT2D eigenvalue weighted by Gasteiger charge is 2.30. The number of carboxylic acid groups (broad SMARTS) is 1. The molecule has 0 spiro atoms. The minimum atomic E-state index is -4.41. The van der Waals surface area contributed by atoms with Gasteiger partial charge in [0.2, 0.25) is 6.10 Å². The number of hydrogen-bond donors (Lipinski definition) is 1. The molecular weight excluding hydrogens is 560 g/mol. The molecule has 1 aromatic heterocycles. The number of halogens is 5. The van der Waals surface area contributed by atoms with Crippen LogP contribution in [-0.4, -0.2) is 16.9 Å². The fourth-order valence-corrected chi connectivity index (χ4v) is 5.17. The Morgan fingerprint density at radius 2 is 1.58 bits per heavy atom. The quantitative estimate of drug-likeness (QED) is 0.202. The SMILES string of the molecule is O=C(CCc1ccc(OC(C(=O)O)c2ccccc2)c(Cl)c1Cl)c1ccc(-c2ccc(C(F)(F)F)cc2)s1. The van der Waals surface area contributed by atoms with E-state index >= 15 is 0 Å². The zero-order chi connectivity index (χ0) is 27.4. The molecule has 0 fully saturated rings. The van der Waals surface area contributed by atoms with Gasteiger partial charge in [0.15, 0.2) is 5.78 Å². The van der Waals surface area contributed by atoms with Gasteiger partial charge < -0.3 is 9.84 Å². The van der Waals surface area contributed by atoms with Crippen LogP contribution in [-0.2, 0) is 17.4 Å². The van der Waals surface area contributed by atoms with Gasteiger partial charge >= 0.3 is 12.1 Å². The molecule has 1 unspecified atom stereocenters. The highest BCUT2D eigenvalue weighted by atomic mass is 35.5. The van der Waals surface area contributed by atoms with Crippen LogP contribution in [0.15, 0.2) is 78.9 Å². The molecule has 0 aliphatic heterocycles. The van der Waals surface area contributed by atoms with Gasteiger partial charge in [0.25, 0.3) is 0 Å². The van der Waals surface area contributed by atoms with E-state index in [1.165, 1.54) is 29.5 Å². The van der Waals surface area contributed by atoms with Crippen LogP contribution in [0, 0.1) is 0 Å². The fraction of sp³-hybridized carbons (Fsp3) is 0.143. The van der Waals surface area contributed by atoms with Gasteiger partial charge in [-0.2, -0.15) is 13.2 Å². The summed E-state index contributed by atoms with van der Waals surface area (Å²) in [5.74, 6) is -1.25. The first-order chi connectivity index (χ1) is 18.0. The van der Waals surface area contributed by atoms with E-state index in [2.05, 4.69) is 0 Å². The smallest absolute Gasteiger partial charge is 0.416 e. The predicted molar refractivity (Wildman–Crippen MR) is 141 cm³/mol. The first-order valence-electron chi connectivity index (χ1n) is 11.3. The van der Waals surface area contributed by atoms with Gasteiger partial charge in [-0.3, -0.25) is 4.79 Å². The van der Waals surface area contributed by atoms with Crippen molar-refractivity contribution in [2.45, 2.75) is 25.1 Å². The minimum absolute atomic E-state index is 0.0412. The van der Waals surface area contributed by atoms with E-state index in [4.69, 9.17) is 27.9 Å². The first-order valence-corrected chi connectivity index (χ1v) is 12.8. The number of alkyl halides is 3. The maximum atomic E-state index is 12.8. The topological polar surface area (TPSA) is 63.6 Å². The summed E-state index contributed by atoms with van der Waals surface area (Å²) in [6.07, 6.45) is -5.31. The van der Waals surface area contributed by atoms with Crippen molar-refractivity contribution in [3.8, 4) is 16.2 Å². The van der Waals surface area contributed by atoms with Crippen molar-refractivity contribution in [3.05, 3.63) is 110 Å². The van der Waals surface area contributed by atoms with Gasteiger partial charge in [0, 0.05) is 16.9 Å². The summed E-state index contributed by atoms with van der Waals surface area (Å²) in [5, 5.41) is 9.79. The highest BCUT2D eigenvalue weighted by molar-refractivity contribution is 7.17. The van der Waals surface area contributed by atoms with Crippen LogP contribution < -0.4 is 4.74 Å². The number of carbonyl (C=O) groups excluding carboxylic acids is 1. The summed E-state index contributed by atoms with van der Waals surface area (Å²) < 4.78 is 44.1. The summed E-state index contributed by atoms with van der Waals surface area (Å²) in [5.41, 5.74) is 0.874. The maximum absolute atomic E-state index is 12.8. The van der Waals surface area contributed by atoms with Gasteiger partial charge in [-0.1, -0.05) is 71.7 Å². The Labute approximate surface area is 230 Å². The molecule has 4 aromatic rings. The maximum Gasteiger partial charge on any atom is 0.416 e. The zero-order valence-corrected chi connectivity index (χ0v) is 21.8. The second kappa shape index (κ2) is 11.6. The number of rotatable bonds is 9. The largest absolute Gasteiger partial charge is 0.478 e. The zero-order valence-electron chi connectivity index (χ0n) is 19.5. The third-order valence-electron chi connectivity index (χ3n) is 5.70. The van der Waals surface area contributed by atoms with Crippen molar-refractivity contribution in [2.75, 3.05) is 0 Å². The number of carboxylic acids is 1. The number of thiophene rings is 1. The first kappa shape index (κ1) is 27.7. The Hall–Kier alpha value is -3.33. The number of ketones is 1. The molecular formula is C28H19Cl2F3O4S. The summed E-state index contributed by atoms with van der Waals surface area (Å²) in [4.78, 5) is 25.7. The van der Waals surface area contributed by atoms with Crippen LogP contribution in [0.3, 0.4) is 0 Å². The molecule has 3 aromatic carbocycles. The van der Waals surface area contributed by atoms with E-state index in [0.717, 1.165) is 12.1 Å². The lowest BCUT2D eigenvalue weighted by molar-refractivity contribution is -0.145. The second-order valence-electron chi connectivity index (χ2n) is 8.26. The monoisotopic (exact) mass is 578 g/mol. The van der Waals surface area contributed by atoms with Gasteiger partial charge in [-0.25, -0.2) is 4.79 Å². The molecule has 1 N–H and O–H groups in total. The Morgan fingerprint density at radius 1 is 0.895 bits per heavy atom. The molecule has 10 heteroatoms. The third kappa shape index (κ3) is 6.38. The fourth-order valence-electron chi connectivity index (χ4n) is 3.71. The van der Waals surface area contributed by atoms with E-state index < -0.39 is 23.8 Å². The number of ether oxygens (including phenoxy) is 1. The molecule has 1 heterocycles. The lowest BCUT2D eigenvalue weighted by Gasteiger charge is -2.18. The summed E-state index contributed by atoms with van der Waals surface area (Å²) >= 11 is 14.0. The molecule has 0 saturated heterocycles. The molecule has 1 atom stereocenters. The highest BCUT2D eigenvalue weighted by Crippen LogP contribution is 2.38. The molecule has 0 aliphatic rings. The van der Waals surface area contributed by atoms with E-state index in [1.54, 1.807) is 48.5 Å². The average Bonchev–Trinajstić information content (AvgIpc) is 3.39. The van der Waals surface area contributed by atoms with Crippen molar-refractivity contribution in [2.24, 2.45) is 0 Å². The van der Waals surface area contributed by atoms with Crippen LogP contribution in [0.25, 0.3) is 10.4 Å². The summed E-state index contributed by atoms with van der Waals surface area (Å²) in [7, 11) is 0. The molecule has 0 radical (unpaired) electrons. The Bertz CT molecular complexity index is 1450. The van der Waals surface area contributed by atoms with Crippen molar-refractivity contribution >= 4 is 46.3 Å². The number of hydrogen-bond acceptors (Lipinski definition) is 4. The lowest BCUT2D eigenvalue weighted by Crippen LogP contribution is -2.18. The predicted octanol–water partition coefficient (Wildman–Crippen LogP) is 8.76. The lowest BCUT2D eigenvalue weighted by atomic mass is 10.1. The molecule has 196 valence electrons. The Kier molecular flexibility index (Phi) is 8.45. The Morgan fingerprint density at radius 3 is 2.21 bits per heavy atom. The standard InChI is InChI=1S/C28H19Cl2F3O4S/c29-24-17(9-13-21(25(24)30)37-26(27(35)36)18-4-2-1-3-5-18)8-12-20(34)23-15-14-22(38-23)16-6-10-19(11-7-16)28(31,32)33/h1-7,9-11,13-15,26H,8,12H2,(H,35,36). The van der Waals surface area contributed by atoms with Crippen LogP contribution >= 0.6 is 34.5 Å². The number of benzene rings is 3. The van der Waals surface area contributed by atoms with E-state index in [-0.39, 0.29) is 34.4 Å². The van der Waals surface area contributed by atoms with Gasteiger partial charge in [-0.15, -0.1) is 11.3 Å². The Balaban J connectivity index is 1.43. The van der Waals surface area contributed by atoms with Gasteiger partial charge in [0.05, 0.1) is 15.5 Å². The van der Waals surface area contributed by atoms with Crippen molar-refractivity contribution in [3.63, 3.8) is 0 Å². The number of Topliss-reactive ketones (excluding diaryl/α,β-unsaturated/α-hetero) is 1. The molecule has 0 amide bonds. The molecule has 38 heavy (non-hydrogen) atoms. The van der Waals surface area contributed by atoms with Crippen LogP contribution in [0.1, 0.15) is 38.9 Å². The van der Waals surface area contributed by atoms with Crippen LogP contribution in [0.2, 0.25) is 10.0 Å². The van der Waals surface area contributed by atoms with Crippen LogP contribution in [0.4, 0.5) is 13.2 Å². The van der Waals surface area contributed by atoms with Crippen LogP contribution in [0.5, 0.6) is 5.75 Å². The summed E-state index contributed by atoms with van der Waals surface area (Å²) in [6, 6.07) is 19.7. The van der Waals surface area contributed by atoms with Gasteiger partial charge in [0.1, 0.15) is 10.8 Å². The number of aliphatic carboxylic acids is 1. The summed E-state index contributed by atoms with van der Waals surface area (Å²) in [6.45, 7) is 0. The number of aryl methyl sites for hydroxylation is 1. The van der Waals surface area contributed by atoms with Crippen molar-refractivity contribution in [1.82, 2.24) is 0 Å². The molecule has 0 aliphatic carbocycles. The van der Waals surface area contributed by atoms with Gasteiger partial charge in [-0.05, 0) is 47.9 Å². The van der Waals surface area contributed by atoms with E-state index in [9.17, 15) is 27.9 Å².